The summed E-state index contributed by atoms with van der Waals surface area (Å²) in [6.07, 6.45) is 12.9. The Morgan fingerprint density at radius 3 is 1.39 bits per heavy atom. The molecule has 3 fully saturated rings. The van der Waals surface area contributed by atoms with Crippen LogP contribution in [0.25, 0.3) is 21.5 Å². The van der Waals surface area contributed by atoms with Crippen LogP contribution in [0, 0.1) is 0 Å². The van der Waals surface area contributed by atoms with Crippen molar-refractivity contribution in [3.05, 3.63) is 96.1 Å². The second kappa shape index (κ2) is 15.0. The first kappa shape index (κ1) is 31.8. The van der Waals surface area contributed by atoms with E-state index in [2.05, 4.69) is 119 Å². The Hall–Kier alpha value is -2.76. The van der Waals surface area contributed by atoms with E-state index < -0.39 is 0 Å². The molecular weight excluding hydrogens is 560 g/mol. The lowest BCUT2D eigenvalue weighted by atomic mass is 9.86. The van der Waals surface area contributed by atoms with E-state index in [1.54, 1.807) is 0 Å². The molecule has 3 aliphatic rings. The summed E-state index contributed by atoms with van der Waals surface area (Å²) in [6, 6.07) is 35.0. The van der Waals surface area contributed by atoms with Gasteiger partial charge in [-0.1, -0.05) is 111 Å². The maximum Gasteiger partial charge on any atom is 0.0252 e. The van der Waals surface area contributed by atoms with Gasteiger partial charge in [0.1, 0.15) is 0 Å². The van der Waals surface area contributed by atoms with Crippen molar-refractivity contribution in [3.63, 3.8) is 0 Å². The van der Waals surface area contributed by atoms with E-state index in [0.29, 0.717) is 36.3 Å². The van der Waals surface area contributed by atoms with E-state index in [-0.39, 0.29) is 0 Å². The first-order chi connectivity index (χ1) is 22.6. The molecule has 7 rings (SSSR count). The molecule has 0 radical (unpaired) electrons. The van der Waals surface area contributed by atoms with Gasteiger partial charge < -0.3 is 10.6 Å². The van der Waals surface area contributed by atoms with Crippen molar-refractivity contribution in [1.29, 1.82) is 0 Å². The standard InChI is InChI=1S/C42H56N4/c1-31-25-27-45(29-35-17-11-15-33-13-3-5-19-37(33)35)42-24-10-8-22-40(42)44-32(2)26-28-46(41-23-9-7-21-39(41)43-31)30-36-18-12-16-34-14-4-6-20-38(34)36/h3-6,11-20,31-32,39-44H,7-10,21-30H2,1-2H3. The number of nitrogens with zero attached hydrogens (tertiary/aromatic N) is 2. The molecule has 6 atom stereocenters. The zero-order chi connectivity index (χ0) is 31.3. The summed E-state index contributed by atoms with van der Waals surface area (Å²) in [5.41, 5.74) is 2.96. The van der Waals surface area contributed by atoms with Crippen LogP contribution >= 0.6 is 0 Å². The highest BCUT2D eigenvalue weighted by molar-refractivity contribution is 5.86. The fourth-order valence-corrected chi connectivity index (χ4v) is 9.12. The van der Waals surface area contributed by atoms with Crippen molar-refractivity contribution in [2.75, 3.05) is 13.1 Å². The normalized spacial score (nSPS) is 29.2. The van der Waals surface area contributed by atoms with Crippen molar-refractivity contribution in [2.24, 2.45) is 0 Å². The highest BCUT2D eigenvalue weighted by Gasteiger charge is 2.34. The summed E-state index contributed by atoms with van der Waals surface area (Å²) in [4.78, 5) is 5.75. The summed E-state index contributed by atoms with van der Waals surface area (Å²) in [5, 5.41) is 14.0. The van der Waals surface area contributed by atoms with Gasteiger partial charge in [-0.3, -0.25) is 9.80 Å². The van der Waals surface area contributed by atoms with E-state index >= 15 is 0 Å². The first-order valence-electron chi connectivity index (χ1n) is 18.6. The summed E-state index contributed by atoms with van der Waals surface area (Å²) in [6.45, 7) is 9.28. The molecule has 0 aromatic heterocycles. The Kier molecular flexibility index (Phi) is 10.4. The van der Waals surface area contributed by atoms with Gasteiger partial charge in [-0.05, 0) is 85.0 Å². The van der Waals surface area contributed by atoms with Crippen LogP contribution in [0.1, 0.15) is 89.2 Å². The van der Waals surface area contributed by atoms with Crippen LogP contribution in [0.15, 0.2) is 84.9 Å². The van der Waals surface area contributed by atoms with E-state index in [4.69, 9.17) is 0 Å². The Bertz CT molecular complexity index is 1440. The van der Waals surface area contributed by atoms with Crippen molar-refractivity contribution in [1.82, 2.24) is 20.4 Å². The molecule has 4 aromatic rings. The predicted molar refractivity (Wildman–Crippen MR) is 195 cm³/mol. The van der Waals surface area contributed by atoms with Crippen LogP contribution in [0.5, 0.6) is 0 Å². The van der Waals surface area contributed by atoms with Gasteiger partial charge in [0.25, 0.3) is 0 Å². The fourth-order valence-electron chi connectivity index (χ4n) is 9.12. The molecule has 0 amide bonds. The predicted octanol–water partition coefficient (Wildman–Crippen LogP) is 8.67. The number of hydrogen-bond acceptors (Lipinski definition) is 4. The van der Waals surface area contributed by atoms with Gasteiger partial charge in [-0.25, -0.2) is 0 Å². The average Bonchev–Trinajstić information content (AvgIpc) is 3.09. The molecule has 0 bridgehead atoms. The molecule has 1 aliphatic heterocycles. The van der Waals surface area contributed by atoms with Crippen molar-refractivity contribution < 1.29 is 0 Å². The summed E-state index contributed by atoms with van der Waals surface area (Å²) < 4.78 is 0. The van der Waals surface area contributed by atoms with E-state index in [9.17, 15) is 0 Å². The second-order valence-corrected chi connectivity index (χ2v) is 14.8. The number of nitrogens with one attached hydrogen (secondary N) is 2. The van der Waals surface area contributed by atoms with Gasteiger partial charge in [-0.2, -0.15) is 0 Å². The monoisotopic (exact) mass is 616 g/mol. The van der Waals surface area contributed by atoms with Crippen molar-refractivity contribution in [3.8, 4) is 0 Å². The SMILES string of the molecule is CC1CCN(Cc2cccc3ccccc23)C2CCCCC2NC(C)CCN(Cc2cccc3ccccc23)C2CCCCC2N1. The number of benzene rings is 4. The molecule has 1 saturated heterocycles. The highest BCUT2D eigenvalue weighted by atomic mass is 15.2. The Morgan fingerprint density at radius 1 is 0.500 bits per heavy atom. The Morgan fingerprint density at radius 2 is 0.913 bits per heavy atom. The minimum Gasteiger partial charge on any atom is -0.310 e. The Labute approximate surface area is 277 Å². The van der Waals surface area contributed by atoms with Gasteiger partial charge >= 0.3 is 0 Å². The topological polar surface area (TPSA) is 30.5 Å². The minimum absolute atomic E-state index is 0.497. The smallest absolute Gasteiger partial charge is 0.0252 e. The molecule has 2 N–H and O–H groups in total. The minimum atomic E-state index is 0.497. The molecule has 1 heterocycles. The van der Waals surface area contributed by atoms with Crippen LogP contribution in [0.3, 0.4) is 0 Å². The lowest BCUT2D eigenvalue weighted by Gasteiger charge is -2.45. The zero-order valence-corrected chi connectivity index (χ0v) is 28.3. The van der Waals surface area contributed by atoms with Crippen LogP contribution in [0.4, 0.5) is 0 Å². The molecule has 4 nitrogen and oxygen atoms in total. The summed E-state index contributed by atoms with van der Waals surface area (Å²) in [7, 11) is 0. The lowest BCUT2D eigenvalue weighted by Crippen LogP contribution is -2.57. The third kappa shape index (κ3) is 7.36. The zero-order valence-electron chi connectivity index (χ0n) is 28.3. The maximum absolute atomic E-state index is 4.24. The Balaban J connectivity index is 1.16. The average molecular weight is 617 g/mol. The van der Waals surface area contributed by atoms with Gasteiger partial charge in [0.2, 0.25) is 0 Å². The molecule has 6 unspecified atom stereocenters. The van der Waals surface area contributed by atoms with Crippen LogP contribution in [-0.2, 0) is 13.1 Å². The van der Waals surface area contributed by atoms with Gasteiger partial charge in [0, 0.05) is 62.4 Å². The molecule has 46 heavy (non-hydrogen) atoms. The van der Waals surface area contributed by atoms with E-state index in [1.807, 2.05) is 0 Å². The lowest BCUT2D eigenvalue weighted by molar-refractivity contribution is 0.0814. The molecule has 2 aliphatic carbocycles. The van der Waals surface area contributed by atoms with Crippen molar-refractivity contribution in [2.45, 2.75) is 127 Å². The number of hydrogen-bond donors (Lipinski definition) is 2. The van der Waals surface area contributed by atoms with Gasteiger partial charge in [-0.15, -0.1) is 0 Å². The van der Waals surface area contributed by atoms with Crippen LogP contribution < -0.4 is 10.6 Å². The summed E-state index contributed by atoms with van der Waals surface area (Å²) in [5.74, 6) is 0. The second-order valence-electron chi connectivity index (χ2n) is 14.8. The largest absolute Gasteiger partial charge is 0.310 e. The van der Waals surface area contributed by atoms with Crippen molar-refractivity contribution >= 4 is 21.5 Å². The maximum atomic E-state index is 4.24. The fraction of sp³-hybridized carbons (Fsp3) is 0.524. The molecule has 4 heteroatoms. The third-order valence-corrected chi connectivity index (χ3v) is 11.6. The molecule has 0 spiro atoms. The van der Waals surface area contributed by atoms with Crippen LogP contribution in [-0.4, -0.2) is 59.1 Å². The highest BCUT2D eigenvalue weighted by Crippen LogP contribution is 2.31. The number of rotatable bonds is 4. The van der Waals surface area contributed by atoms with E-state index in [0.717, 1.165) is 26.2 Å². The molecule has 4 aromatic carbocycles. The molecule has 244 valence electrons. The quantitative estimate of drug-likeness (QED) is 0.240. The number of fused-ring (bicyclic) bond motifs is 4. The van der Waals surface area contributed by atoms with Crippen LogP contribution in [0.2, 0.25) is 0 Å². The summed E-state index contributed by atoms with van der Waals surface area (Å²) >= 11 is 0. The van der Waals surface area contributed by atoms with Gasteiger partial charge in [0.15, 0.2) is 0 Å². The first-order valence-corrected chi connectivity index (χ1v) is 18.6. The molecular formula is C42H56N4. The third-order valence-electron chi connectivity index (χ3n) is 11.6. The molecule has 2 saturated carbocycles. The van der Waals surface area contributed by atoms with E-state index in [1.165, 1.54) is 96.9 Å². The van der Waals surface area contributed by atoms with Gasteiger partial charge in [0.05, 0.1) is 0 Å².